The van der Waals surface area contributed by atoms with Crippen LogP contribution in [0.2, 0.25) is 0 Å². The summed E-state index contributed by atoms with van der Waals surface area (Å²) in [7, 11) is 3.20. The van der Waals surface area contributed by atoms with Crippen molar-refractivity contribution in [3.63, 3.8) is 0 Å². The number of carbonyl (C=O) groups excluding carboxylic acids is 1. The Balaban J connectivity index is 1.75. The second kappa shape index (κ2) is 7.87. The number of imidazole rings is 2. The van der Waals surface area contributed by atoms with Crippen LogP contribution in [0.4, 0.5) is 11.4 Å². The minimum atomic E-state index is -0.523. The molecule has 4 rings (SSSR count). The molecule has 0 N–H and O–H groups in total. The number of aryl methyl sites for hydroxylation is 2. The number of benzene rings is 2. The van der Waals surface area contributed by atoms with E-state index in [4.69, 9.17) is 0 Å². The topological polar surface area (TPSA) is 139 Å². The van der Waals surface area contributed by atoms with Crippen LogP contribution in [0.5, 0.6) is 0 Å². The molecular formula is C21H16N6O5. The van der Waals surface area contributed by atoms with E-state index in [-0.39, 0.29) is 45.5 Å². The fourth-order valence-corrected chi connectivity index (χ4v) is 3.41. The minimum Gasteiger partial charge on any atom is -0.331 e. The van der Waals surface area contributed by atoms with Gasteiger partial charge in [-0.3, -0.25) is 25.0 Å². The van der Waals surface area contributed by atoms with Crippen molar-refractivity contribution in [3.8, 4) is 22.5 Å². The molecule has 0 aliphatic rings. The third-order valence-corrected chi connectivity index (χ3v) is 4.91. The summed E-state index contributed by atoms with van der Waals surface area (Å²) in [6.45, 7) is 0. The molecular weight excluding hydrogens is 416 g/mol. The Morgan fingerprint density at radius 1 is 0.750 bits per heavy atom. The van der Waals surface area contributed by atoms with Gasteiger partial charge in [0.15, 0.2) is 11.6 Å². The Morgan fingerprint density at radius 2 is 1.12 bits per heavy atom. The highest BCUT2D eigenvalue weighted by Gasteiger charge is 2.25. The van der Waals surface area contributed by atoms with Gasteiger partial charge in [0.25, 0.3) is 17.2 Å². The molecule has 0 aliphatic carbocycles. The zero-order valence-electron chi connectivity index (χ0n) is 17.0. The average Bonchev–Trinajstić information content (AvgIpc) is 3.36. The zero-order valence-corrected chi connectivity index (χ0v) is 17.0. The van der Waals surface area contributed by atoms with Crippen molar-refractivity contribution >= 4 is 17.2 Å². The number of nitrogens with zero attached hydrogens (tertiary/aromatic N) is 6. The number of ketones is 1. The number of nitro groups is 2. The first-order chi connectivity index (χ1) is 15.3. The van der Waals surface area contributed by atoms with Gasteiger partial charge in [-0.05, 0) is 12.1 Å². The van der Waals surface area contributed by atoms with Crippen molar-refractivity contribution in [1.82, 2.24) is 19.1 Å². The smallest absolute Gasteiger partial charge is 0.278 e. The van der Waals surface area contributed by atoms with Crippen LogP contribution in [0.25, 0.3) is 22.5 Å². The van der Waals surface area contributed by atoms with Crippen molar-refractivity contribution in [2.24, 2.45) is 14.1 Å². The molecule has 0 amide bonds. The molecule has 0 unspecified atom stereocenters. The lowest BCUT2D eigenvalue weighted by Crippen LogP contribution is -2.13. The van der Waals surface area contributed by atoms with E-state index in [0.717, 1.165) is 0 Å². The third-order valence-electron chi connectivity index (χ3n) is 4.91. The maximum atomic E-state index is 13.2. The molecule has 0 spiro atoms. The molecule has 0 atom stereocenters. The zero-order chi connectivity index (χ0) is 23.0. The third kappa shape index (κ3) is 3.51. The first-order valence-electron chi connectivity index (χ1n) is 9.37. The Morgan fingerprint density at radius 3 is 1.50 bits per heavy atom. The molecule has 32 heavy (non-hydrogen) atoms. The fraction of sp³-hybridized carbons (Fsp3) is 0.0952. The van der Waals surface area contributed by atoms with Gasteiger partial charge in [0, 0.05) is 38.6 Å². The Kier molecular flexibility index (Phi) is 5.07. The van der Waals surface area contributed by atoms with E-state index < -0.39 is 15.6 Å². The molecule has 0 fully saturated rings. The van der Waals surface area contributed by atoms with Gasteiger partial charge in [0.1, 0.15) is 0 Å². The van der Waals surface area contributed by atoms with Gasteiger partial charge in [-0.1, -0.05) is 24.3 Å². The Hall–Kier alpha value is -4.67. The number of hydrogen-bond acceptors (Lipinski definition) is 7. The summed E-state index contributed by atoms with van der Waals surface area (Å²) in [6.07, 6.45) is 3.06. The maximum absolute atomic E-state index is 13.2. The van der Waals surface area contributed by atoms with Gasteiger partial charge < -0.3 is 9.13 Å². The van der Waals surface area contributed by atoms with Crippen LogP contribution in [0, 0.1) is 20.2 Å². The summed E-state index contributed by atoms with van der Waals surface area (Å²) in [5.41, 5.74) is 0.869. The molecule has 0 saturated heterocycles. The summed E-state index contributed by atoms with van der Waals surface area (Å²) >= 11 is 0. The van der Waals surface area contributed by atoms with Crippen molar-refractivity contribution in [1.29, 1.82) is 0 Å². The van der Waals surface area contributed by atoms with Crippen LogP contribution in [0.1, 0.15) is 16.4 Å². The molecule has 0 saturated carbocycles. The van der Waals surface area contributed by atoms with E-state index in [1.807, 2.05) is 0 Å². The minimum absolute atomic E-state index is 0.0287. The molecule has 11 heteroatoms. The van der Waals surface area contributed by atoms with Crippen molar-refractivity contribution in [3.05, 3.63) is 92.8 Å². The number of carbonyl (C=O) groups is 1. The lowest BCUT2D eigenvalue weighted by Gasteiger charge is -2.00. The van der Waals surface area contributed by atoms with Gasteiger partial charge in [-0.2, -0.15) is 0 Å². The summed E-state index contributed by atoms with van der Waals surface area (Å²) in [5, 5.41) is 22.7. The second-order valence-electron chi connectivity index (χ2n) is 7.00. The second-order valence-corrected chi connectivity index (χ2v) is 7.00. The number of para-hydroxylation sites is 2. The van der Waals surface area contributed by atoms with Crippen LogP contribution in [-0.2, 0) is 14.1 Å². The summed E-state index contributed by atoms with van der Waals surface area (Å²) in [5.74, 6) is -0.466. The Bertz CT molecular complexity index is 1280. The first-order valence-corrected chi connectivity index (χ1v) is 9.37. The standard InChI is InChI=1S/C21H16N6O5/c1-24-11-15(13-7-3-5-9-17(13)26(29)30)22-20(24)19(28)21-23-16(12-25(21)2)14-8-4-6-10-18(14)27(31)32/h3-12H,1-2H3. The van der Waals surface area contributed by atoms with E-state index in [1.165, 1.54) is 33.7 Å². The summed E-state index contributed by atoms with van der Waals surface area (Å²) in [6, 6.07) is 12.2. The van der Waals surface area contributed by atoms with Crippen molar-refractivity contribution in [2.75, 3.05) is 0 Å². The lowest BCUT2D eigenvalue weighted by atomic mass is 10.1. The van der Waals surface area contributed by atoms with Crippen molar-refractivity contribution in [2.45, 2.75) is 0 Å². The van der Waals surface area contributed by atoms with E-state index in [1.54, 1.807) is 50.5 Å². The van der Waals surface area contributed by atoms with Gasteiger partial charge in [-0.25, -0.2) is 9.97 Å². The fourth-order valence-electron chi connectivity index (χ4n) is 3.41. The van der Waals surface area contributed by atoms with Gasteiger partial charge in [0.2, 0.25) is 0 Å². The predicted molar refractivity (Wildman–Crippen MR) is 114 cm³/mol. The highest BCUT2D eigenvalue weighted by molar-refractivity contribution is 6.05. The highest BCUT2D eigenvalue weighted by atomic mass is 16.6. The molecule has 2 aromatic carbocycles. The van der Waals surface area contributed by atoms with Gasteiger partial charge >= 0.3 is 0 Å². The molecule has 4 aromatic rings. The molecule has 0 aliphatic heterocycles. The highest BCUT2D eigenvalue weighted by Crippen LogP contribution is 2.30. The maximum Gasteiger partial charge on any atom is 0.278 e. The lowest BCUT2D eigenvalue weighted by molar-refractivity contribution is -0.384. The van der Waals surface area contributed by atoms with E-state index in [0.29, 0.717) is 0 Å². The first kappa shape index (κ1) is 20.6. The van der Waals surface area contributed by atoms with Crippen LogP contribution in [0.3, 0.4) is 0 Å². The predicted octanol–water partition coefficient (Wildman–Crippen LogP) is 3.54. The van der Waals surface area contributed by atoms with E-state index in [2.05, 4.69) is 9.97 Å². The van der Waals surface area contributed by atoms with Crippen LogP contribution >= 0.6 is 0 Å². The summed E-state index contributed by atoms with van der Waals surface area (Å²) in [4.78, 5) is 43.5. The Labute approximate surface area is 180 Å². The van der Waals surface area contributed by atoms with Gasteiger partial charge in [-0.15, -0.1) is 0 Å². The normalized spacial score (nSPS) is 10.8. The average molecular weight is 432 g/mol. The number of rotatable bonds is 6. The van der Waals surface area contributed by atoms with Crippen LogP contribution in [-0.4, -0.2) is 34.7 Å². The number of aromatic nitrogens is 4. The number of nitro benzene ring substituents is 2. The quantitative estimate of drug-likeness (QED) is 0.258. The molecule has 2 heterocycles. The molecule has 160 valence electrons. The van der Waals surface area contributed by atoms with Crippen molar-refractivity contribution < 1.29 is 14.6 Å². The molecule has 0 radical (unpaired) electrons. The molecule has 0 bridgehead atoms. The number of hydrogen-bond donors (Lipinski definition) is 0. The van der Waals surface area contributed by atoms with Crippen LogP contribution < -0.4 is 0 Å². The largest absolute Gasteiger partial charge is 0.331 e. The van der Waals surface area contributed by atoms with E-state index in [9.17, 15) is 25.0 Å². The molecule has 11 nitrogen and oxygen atoms in total. The van der Waals surface area contributed by atoms with Gasteiger partial charge in [0.05, 0.1) is 32.4 Å². The summed E-state index contributed by atoms with van der Waals surface area (Å²) < 4.78 is 2.93. The monoisotopic (exact) mass is 432 g/mol. The van der Waals surface area contributed by atoms with E-state index >= 15 is 0 Å². The SMILES string of the molecule is Cn1cc(-c2ccccc2[N+](=O)[O-])nc1C(=O)c1nc(-c2ccccc2[N+](=O)[O-])cn1C. The van der Waals surface area contributed by atoms with Crippen LogP contribution in [0.15, 0.2) is 60.9 Å². The molecule has 2 aromatic heterocycles.